The van der Waals surface area contributed by atoms with E-state index in [2.05, 4.69) is 15.9 Å². The Morgan fingerprint density at radius 1 is 1.38 bits per heavy atom. The number of aliphatic carboxylic acids is 1. The minimum absolute atomic E-state index is 0.153. The van der Waals surface area contributed by atoms with Crippen LogP contribution in [0.5, 0.6) is 0 Å². The molecule has 1 N–H and O–H groups in total. The molecule has 8 heteroatoms. The van der Waals surface area contributed by atoms with E-state index in [1.165, 1.54) is 13.1 Å². The van der Waals surface area contributed by atoms with Gasteiger partial charge in [0.05, 0.1) is 5.56 Å². The van der Waals surface area contributed by atoms with E-state index in [0.29, 0.717) is 6.07 Å². The van der Waals surface area contributed by atoms with Crippen molar-refractivity contribution in [3.05, 3.63) is 33.8 Å². The number of carboxylic acids is 1. The number of amides is 1. The van der Waals surface area contributed by atoms with E-state index in [1.54, 1.807) is 6.92 Å². The monoisotopic (exact) mass is 367 g/mol. The lowest BCUT2D eigenvalue weighted by atomic mass is 10.1. The number of carboxylic acid groups (broad SMARTS) is 1. The highest BCUT2D eigenvalue weighted by Gasteiger charge is 2.34. The Morgan fingerprint density at radius 3 is 2.38 bits per heavy atom. The molecular formula is C13H13BrF3NO3. The molecule has 0 aromatic heterocycles. The van der Waals surface area contributed by atoms with Crippen LogP contribution in [0.25, 0.3) is 0 Å². The van der Waals surface area contributed by atoms with Gasteiger partial charge in [-0.3, -0.25) is 4.79 Å². The minimum atomic E-state index is -4.61. The van der Waals surface area contributed by atoms with Gasteiger partial charge in [-0.2, -0.15) is 13.2 Å². The number of rotatable bonds is 4. The zero-order valence-electron chi connectivity index (χ0n) is 11.2. The van der Waals surface area contributed by atoms with Gasteiger partial charge in [-0.15, -0.1) is 0 Å². The van der Waals surface area contributed by atoms with Crippen LogP contribution in [0.2, 0.25) is 0 Å². The fourth-order valence-corrected chi connectivity index (χ4v) is 2.31. The number of carbonyl (C=O) groups is 2. The molecular weight excluding hydrogens is 355 g/mol. The summed E-state index contributed by atoms with van der Waals surface area (Å²) in [4.78, 5) is 24.0. The lowest BCUT2D eigenvalue weighted by Gasteiger charge is -2.24. The number of halogens is 4. The van der Waals surface area contributed by atoms with E-state index in [0.717, 1.165) is 11.0 Å². The first kappa shape index (κ1) is 17.5. The van der Waals surface area contributed by atoms with E-state index < -0.39 is 29.7 Å². The van der Waals surface area contributed by atoms with Gasteiger partial charge in [-0.25, -0.2) is 4.79 Å². The number of benzene rings is 1. The third-order valence-corrected chi connectivity index (χ3v) is 3.67. The maximum absolute atomic E-state index is 12.8. The fourth-order valence-electron chi connectivity index (χ4n) is 1.83. The number of likely N-dealkylation sites (N-methyl/N-ethyl adjacent to an activating group) is 1. The van der Waals surface area contributed by atoms with Crippen LogP contribution in [0.1, 0.15) is 29.3 Å². The Kier molecular flexibility index (Phi) is 5.38. The zero-order valence-corrected chi connectivity index (χ0v) is 12.8. The largest absolute Gasteiger partial charge is 0.480 e. The van der Waals surface area contributed by atoms with E-state index in [1.807, 2.05) is 0 Å². The van der Waals surface area contributed by atoms with Gasteiger partial charge >= 0.3 is 12.1 Å². The molecule has 1 unspecified atom stereocenters. The van der Waals surface area contributed by atoms with Crippen LogP contribution in [0.15, 0.2) is 22.7 Å². The Balaban J connectivity index is 3.17. The van der Waals surface area contributed by atoms with Crippen molar-refractivity contribution in [2.75, 3.05) is 7.05 Å². The first-order valence-corrected chi connectivity index (χ1v) is 6.75. The summed E-state index contributed by atoms with van der Waals surface area (Å²) < 4.78 is 38.2. The normalized spacial score (nSPS) is 12.9. The molecule has 0 heterocycles. The topological polar surface area (TPSA) is 57.6 Å². The molecule has 0 bridgehead atoms. The van der Waals surface area contributed by atoms with E-state index >= 15 is 0 Å². The molecule has 0 fully saturated rings. The van der Waals surface area contributed by atoms with Crippen molar-refractivity contribution in [1.82, 2.24) is 4.90 Å². The van der Waals surface area contributed by atoms with Gasteiger partial charge in [0, 0.05) is 17.1 Å². The average Bonchev–Trinajstić information content (AvgIpc) is 2.37. The van der Waals surface area contributed by atoms with Crippen LogP contribution in [0.4, 0.5) is 13.2 Å². The van der Waals surface area contributed by atoms with E-state index in [4.69, 9.17) is 5.11 Å². The maximum atomic E-state index is 12.8. The number of alkyl halides is 3. The molecule has 0 spiro atoms. The van der Waals surface area contributed by atoms with Gasteiger partial charge in [0.15, 0.2) is 0 Å². The molecule has 0 saturated heterocycles. The summed E-state index contributed by atoms with van der Waals surface area (Å²) >= 11 is 2.78. The molecule has 1 aromatic rings. The maximum Gasteiger partial charge on any atom is 0.417 e. The predicted molar refractivity (Wildman–Crippen MR) is 73.0 cm³/mol. The molecule has 0 aliphatic rings. The van der Waals surface area contributed by atoms with Gasteiger partial charge < -0.3 is 10.0 Å². The molecule has 1 aromatic carbocycles. The van der Waals surface area contributed by atoms with Crippen LogP contribution in [-0.2, 0) is 11.0 Å². The predicted octanol–water partition coefficient (Wildman–Crippen LogP) is 3.40. The second-order valence-corrected chi connectivity index (χ2v) is 5.23. The Labute approximate surface area is 127 Å². The highest BCUT2D eigenvalue weighted by molar-refractivity contribution is 9.10. The molecule has 116 valence electrons. The molecule has 0 saturated carbocycles. The first-order chi connectivity index (χ1) is 9.59. The fraction of sp³-hybridized carbons (Fsp3) is 0.385. The van der Waals surface area contributed by atoms with Gasteiger partial charge in [0.25, 0.3) is 5.91 Å². The molecule has 0 radical (unpaired) electrons. The van der Waals surface area contributed by atoms with Crippen molar-refractivity contribution in [1.29, 1.82) is 0 Å². The molecule has 1 rings (SSSR count). The lowest BCUT2D eigenvalue weighted by molar-refractivity contribution is -0.142. The van der Waals surface area contributed by atoms with Gasteiger partial charge in [0.2, 0.25) is 0 Å². The molecule has 0 aliphatic carbocycles. The van der Waals surface area contributed by atoms with Gasteiger partial charge in [0.1, 0.15) is 6.04 Å². The van der Waals surface area contributed by atoms with Gasteiger partial charge in [-0.05, 0) is 24.6 Å². The molecule has 1 amide bonds. The Bertz CT molecular complexity index is 560. The highest BCUT2D eigenvalue weighted by atomic mass is 79.9. The van der Waals surface area contributed by atoms with Crippen LogP contribution < -0.4 is 0 Å². The molecule has 0 aliphatic heterocycles. The molecule has 4 nitrogen and oxygen atoms in total. The number of carbonyl (C=O) groups excluding carboxylic acids is 1. The first-order valence-electron chi connectivity index (χ1n) is 5.96. The third-order valence-electron chi connectivity index (χ3n) is 2.98. The van der Waals surface area contributed by atoms with Crippen molar-refractivity contribution in [2.45, 2.75) is 25.6 Å². The lowest BCUT2D eigenvalue weighted by Crippen LogP contribution is -2.42. The number of hydrogen-bond acceptors (Lipinski definition) is 2. The standard InChI is InChI=1S/C13H13BrF3NO3/c1-3-10(12(20)21)18(2)11(19)7-4-5-9(14)8(6-7)13(15,16)17/h4-6,10H,3H2,1-2H3,(H,20,21). The van der Waals surface area contributed by atoms with Crippen LogP contribution >= 0.6 is 15.9 Å². The minimum Gasteiger partial charge on any atom is -0.480 e. The molecule has 1 atom stereocenters. The average molecular weight is 368 g/mol. The SMILES string of the molecule is CCC(C(=O)O)N(C)C(=O)c1ccc(Br)c(C(F)(F)F)c1. The second kappa shape index (κ2) is 6.46. The van der Waals surface area contributed by atoms with Crippen molar-refractivity contribution in [3.8, 4) is 0 Å². The summed E-state index contributed by atoms with van der Waals surface area (Å²) in [5, 5.41) is 8.99. The summed E-state index contributed by atoms with van der Waals surface area (Å²) in [6.07, 6.45) is -4.45. The summed E-state index contributed by atoms with van der Waals surface area (Å²) in [6.45, 7) is 1.57. The summed E-state index contributed by atoms with van der Waals surface area (Å²) in [5.74, 6) is -1.98. The Hall–Kier alpha value is -1.57. The van der Waals surface area contributed by atoms with Crippen molar-refractivity contribution >= 4 is 27.8 Å². The number of nitrogens with zero attached hydrogens (tertiary/aromatic N) is 1. The zero-order chi connectivity index (χ0) is 16.4. The highest BCUT2D eigenvalue weighted by Crippen LogP contribution is 2.35. The third kappa shape index (κ3) is 3.96. The summed E-state index contributed by atoms with van der Waals surface area (Å²) in [6, 6.07) is 1.95. The number of hydrogen-bond donors (Lipinski definition) is 1. The van der Waals surface area contributed by atoms with Crippen LogP contribution in [0, 0.1) is 0 Å². The van der Waals surface area contributed by atoms with Gasteiger partial charge in [-0.1, -0.05) is 22.9 Å². The van der Waals surface area contributed by atoms with Crippen molar-refractivity contribution in [3.63, 3.8) is 0 Å². The molecule has 21 heavy (non-hydrogen) atoms. The second-order valence-electron chi connectivity index (χ2n) is 4.37. The Morgan fingerprint density at radius 2 is 1.95 bits per heavy atom. The van der Waals surface area contributed by atoms with Crippen molar-refractivity contribution < 1.29 is 27.9 Å². The smallest absolute Gasteiger partial charge is 0.417 e. The quantitative estimate of drug-likeness (QED) is 0.886. The van der Waals surface area contributed by atoms with Crippen LogP contribution in [-0.4, -0.2) is 35.0 Å². The van der Waals surface area contributed by atoms with Crippen LogP contribution in [0.3, 0.4) is 0 Å². The summed E-state index contributed by atoms with van der Waals surface area (Å²) in [7, 11) is 1.25. The van der Waals surface area contributed by atoms with E-state index in [-0.39, 0.29) is 16.5 Å². The summed E-state index contributed by atoms with van der Waals surface area (Å²) in [5.41, 5.74) is -1.20. The van der Waals surface area contributed by atoms with Crippen molar-refractivity contribution in [2.24, 2.45) is 0 Å². The van der Waals surface area contributed by atoms with E-state index in [9.17, 15) is 22.8 Å².